The Morgan fingerprint density at radius 2 is 2.06 bits per heavy atom. The summed E-state index contributed by atoms with van der Waals surface area (Å²) in [6.45, 7) is 5.91. The number of β-amino-alcohol motifs (C(OH)–C–C–N with tert-alkyl or cyclic N) is 1. The van der Waals surface area contributed by atoms with Crippen molar-refractivity contribution < 1.29 is 19.8 Å². The molecule has 1 aliphatic heterocycles. The molecule has 1 unspecified atom stereocenters. The standard InChI is InChI=1S/C12H22N2O4/c1-11(2,7-9(15)16)13-10(17)14-6-4-5-12(3,18)8-14/h18H,4-8H2,1-3H3,(H,13,17)(H,15,16). The topological polar surface area (TPSA) is 89.9 Å². The number of aliphatic hydroxyl groups is 1. The largest absolute Gasteiger partial charge is 0.481 e. The number of rotatable bonds is 3. The molecule has 1 aliphatic rings. The molecule has 0 bridgehead atoms. The lowest BCUT2D eigenvalue weighted by molar-refractivity contribution is -0.138. The number of piperidine rings is 1. The molecule has 0 aromatic carbocycles. The van der Waals surface area contributed by atoms with E-state index in [1.807, 2.05) is 0 Å². The number of nitrogens with one attached hydrogen (secondary N) is 1. The number of nitrogens with zero attached hydrogens (tertiary/aromatic N) is 1. The molecule has 0 aromatic rings. The Kier molecular flexibility index (Phi) is 4.21. The van der Waals surface area contributed by atoms with Gasteiger partial charge in [-0.3, -0.25) is 4.79 Å². The summed E-state index contributed by atoms with van der Waals surface area (Å²) < 4.78 is 0. The lowest BCUT2D eigenvalue weighted by Crippen LogP contribution is -2.56. The van der Waals surface area contributed by atoms with Gasteiger partial charge in [0.2, 0.25) is 0 Å². The average Bonchev–Trinajstić information content (AvgIpc) is 2.12. The number of carbonyl (C=O) groups excluding carboxylic acids is 1. The van der Waals surface area contributed by atoms with Gasteiger partial charge in [-0.05, 0) is 33.6 Å². The van der Waals surface area contributed by atoms with Crippen LogP contribution in [0.4, 0.5) is 4.79 Å². The molecule has 3 N–H and O–H groups in total. The van der Waals surface area contributed by atoms with E-state index in [1.54, 1.807) is 20.8 Å². The third-order valence-electron chi connectivity index (χ3n) is 3.00. The number of carbonyl (C=O) groups is 2. The van der Waals surface area contributed by atoms with E-state index in [0.29, 0.717) is 13.0 Å². The van der Waals surface area contributed by atoms with Crippen molar-refractivity contribution in [2.24, 2.45) is 0 Å². The van der Waals surface area contributed by atoms with E-state index >= 15 is 0 Å². The van der Waals surface area contributed by atoms with E-state index in [0.717, 1.165) is 6.42 Å². The molecule has 0 spiro atoms. The van der Waals surface area contributed by atoms with Crippen LogP contribution in [-0.2, 0) is 4.79 Å². The maximum absolute atomic E-state index is 12.0. The maximum Gasteiger partial charge on any atom is 0.317 e. The quantitative estimate of drug-likeness (QED) is 0.698. The molecule has 2 amide bonds. The Labute approximate surface area is 107 Å². The van der Waals surface area contributed by atoms with Crippen LogP contribution in [0.15, 0.2) is 0 Å². The van der Waals surface area contributed by atoms with Gasteiger partial charge in [0.05, 0.1) is 18.6 Å². The Balaban J connectivity index is 2.57. The first-order valence-corrected chi connectivity index (χ1v) is 6.13. The third kappa shape index (κ3) is 4.52. The molecular weight excluding hydrogens is 236 g/mol. The van der Waals surface area contributed by atoms with Gasteiger partial charge in [-0.15, -0.1) is 0 Å². The summed E-state index contributed by atoms with van der Waals surface area (Å²) in [4.78, 5) is 24.2. The van der Waals surface area contributed by atoms with Crippen molar-refractivity contribution in [3.63, 3.8) is 0 Å². The molecule has 0 aliphatic carbocycles. The Morgan fingerprint density at radius 1 is 1.44 bits per heavy atom. The lowest BCUT2D eigenvalue weighted by atomic mass is 9.95. The van der Waals surface area contributed by atoms with Gasteiger partial charge >= 0.3 is 12.0 Å². The van der Waals surface area contributed by atoms with Crippen LogP contribution in [0.5, 0.6) is 0 Å². The van der Waals surface area contributed by atoms with Crippen molar-refractivity contribution in [3.8, 4) is 0 Å². The first-order chi connectivity index (χ1) is 8.11. The van der Waals surface area contributed by atoms with E-state index in [1.165, 1.54) is 4.90 Å². The van der Waals surface area contributed by atoms with Gasteiger partial charge in [0.25, 0.3) is 0 Å². The van der Waals surface area contributed by atoms with Crippen molar-refractivity contribution in [3.05, 3.63) is 0 Å². The number of hydrogen-bond donors (Lipinski definition) is 3. The number of carboxylic acids is 1. The fourth-order valence-electron chi connectivity index (χ4n) is 2.18. The van der Waals surface area contributed by atoms with E-state index < -0.39 is 17.1 Å². The monoisotopic (exact) mass is 258 g/mol. The van der Waals surface area contributed by atoms with Crippen molar-refractivity contribution in [2.45, 2.75) is 51.2 Å². The minimum Gasteiger partial charge on any atom is -0.481 e. The minimum absolute atomic E-state index is 0.136. The second-order valence-corrected chi connectivity index (χ2v) is 5.91. The number of urea groups is 1. The summed E-state index contributed by atoms with van der Waals surface area (Å²) >= 11 is 0. The Hall–Kier alpha value is -1.30. The smallest absolute Gasteiger partial charge is 0.317 e. The van der Waals surface area contributed by atoms with E-state index in [4.69, 9.17) is 5.11 Å². The molecule has 1 heterocycles. The molecule has 0 radical (unpaired) electrons. The number of amides is 2. The van der Waals surface area contributed by atoms with Crippen molar-refractivity contribution >= 4 is 12.0 Å². The first-order valence-electron chi connectivity index (χ1n) is 6.13. The molecular formula is C12H22N2O4. The summed E-state index contributed by atoms with van der Waals surface area (Å²) in [5, 5.41) is 21.4. The summed E-state index contributed by atoms with van der Waals surface area (Å²) in [5.41, 5.74) is -1.65. The van der Waals surface area contributed by atoms with Gasteiger partial charge in [0, 0.05) is 12.1 Å². The van der Waals surface area contributed by atoms with Crippen LogP contribution < -0.4 is 5.32 Å². The summed E-state index contributed by atoms with van der Waals surface area (Å²) in [6, 6.07) is -0.318. The first kappa shape index (κ1) is 14.8. The van der Waals surface area contributed by atoms with Crippen LogP contribution in [0.1, 0.15) is 40.0 Å². The molecule has 0 saturated carbocycles. The van der Waals surface area contributed by atoms with Crippen LogP contribution in [0, 0.1) is 0 Å². The van der Waals surface area contributed by atoms with E-state index in [2.05, 4.69) is 5.32 Å². The highest BCUT2D eigenvalue weighted by atomic mass is 16.4. The highest BCUT2D eigenvalue weighted by Crippen LogP contribution is 2.20. The van der Waals surface area contributed by atoms with Gasteiger partial charge in [0.15, 0.2) is 0 Å². The van der Waals surface area contributed by atoms with Gasteiger partial charge in [-0.1, -0.05) is 0 Å². The number of aliphatic carboxylic acids is 1. The summed E-state index contributed by atoms with van der Waals surface area (Å²) in [7, 11) is 0. The van der Waals surface area contributed by atoms with Gasteiger partial charge < -0.3 is 20.4 Å². The van der Waals surface area contributed by atoms with Crippen LogP contribution in [0.25, 0.3) is 0 Å². The molecule has 1 saturated heterocycles. The van der Waals surface area contributed by atoms with E-state index in [9.17, 15) is 14.7 Å². The molecule has 6 heteroatoms. The molecule has 104 valence electrons. The number of carboxylic acid groups (broad SMARTS) is 1. The van der Waals surface area contributed by atoms with Crippen LogP contribution in [0.2, 0.25) is 0 Å². The normalized spacial score (nSPS) is 24.8. The fraction of sp³-hybridized carbons (Fsp3) is 0.833. The summed E-state index contributed by atoms with van der Waals surface area (Å²) in [6.07, 6.45) is 1.29. The molecule has 1 fully saturated rings. The second-order valence-electron chi connectivity index (χ2n) is 5.91. The van der Waals surface area contributed by atoms with Crippen LogP contribution in [-0.4, -0.2) is 51.3 Å². The van der Waals surface area contributed by atoms with Crippen molar-refractivity contribution in [1.82, 2.24) is 10.2 Å². The van der Waals surface area contributed by atoms with Gasteiger partial charge in [-0.25, -0.2) is 4.79 Å². The second kappa shape index (κ2) is 5.14. The predicted octanol–water partition coefficient (Wildman–Crippen LogP) is 0.796. The zero-order valence-corrected chi connectivity index (χ0v) is 11.2. The van der Waals surface area contributed by atoms with Crippen LogP contribution >= 0.6 is 0 Å². The maximum atomic E-state index is 12.0. The third-order valence-corrected chi connectivity index (χ3v) is 3.00. The minimum atomic E-state index is -0.953. The lowest BCUT2D eigenvalue weighted by Gasteiger charge is -2.38. The Bertz CT molecular complexity index is 339. The average molecular weight is 258 g/mol. The molecule has 1 atom stereocenters. The van der Waals surface area contributed by atoms with Crippen molar-refractivity contribution in [1.29, 1.82) is 0 Å². The number of likely N-dealkylation sites (tertiary alicyclic amines) is 1. The van der Waals surface area contributed by atoms with Gasteiger partial charge in [0.1, 0.15) is 0 Å². The molecule has 18 heavy (non-hydrogen) atoms. The van der Waals surface area contributed by atoms with Crippen molar-refractivity contribution in [2.75, 3.05) is 13.1 Å². The molecule has 6 nitrogen and oxygen atoms in total. The van der Waals surface area contributed by atoms with Crippen LogP contribution in [0.3, 0.4) is 0 Å². The zero-order chi connectivity index (χ0) is 14.0. The highest BCUT2D eigenvalue weighted by molar-refractivity contribution is 5.77. The van der Waals surface area contributed by atoms with Gasteiger partial charge in [-0.2, -0.15) is 0 Å². The predicted molar refractivity (Wildman–Crippen MR) is 66.3 cm³/mol. The number of hydrogen-bond acceptors (Lipinski definition) is 3. The molecule has 0 aromatic heterocycles. The SMILES string of the molecule is CC1(O)CCCN(C(=O)NC(C)(C)CC(=O)O)C1. The zero-order valence-electron chi connectivity index (χ0n) is 11.2. The summed E-state index contributed by atoms with van der Waals surface area (Å²) in [5.74, 6) is -0.953. The highest BCUT2D eigenvalue weighted by Gasteiger charge is 2.33. The Morgan fingerprint density at radius 3 is 2.56 bits per heavy atom. The fourth-order valence-corrected chi connectivity index (χ4v) is 2.18. The van der Waals surface area contributed by atoms with E-state index in [-0.39, 0.29) is 19.0 Å². The molecule has 1 rings (SSSR count).